The van der Waals surface area contributed by atoms with Crippen LogP contribution in [0.25, 0.3) is 11.1 Å². The number of nitrogens with one attached hydrogen (secondary N) is 1. The van der Waals surface area contributed by atoms with E-state index in [9.17, 15) is 18.0 Å². The number of carbonyl (C=O) groups is 1. The average molecular weight is 424 g/mol. The molecular weight excluding hydrogens is 404 g/mol. The van der Waals surface area contributed by atoms with Gasteiger partial charge in [-0.3, -0.25) is 4.79 Å². The second-order valence-electron chi connectivity index (χ2n) is 7.26. The van der Waals surface area contributed by atoms with E-state index in [1.807, 2.05) is 0 Å². The highest BCUT2D eigenvalue weighted by Crippen LogP contribution is 2.40. The summed E-state index contributed by atoms with van der Waals surface area (Å²) >= 11 is 0. The topological polar surface area (TPSA) is 50.8 Å². The molecule has 0 aromatic heterocycles. The van der Waals surface area contributed by atoms with Gasteiger partial charge < -0.3 is 19.7 Å². The standard InChI is InChI=1S/C21H20F4N2O3/c1-29-18-8-14(12-3-2-4-13(7-12)21(23,24)25)15(22)9-17(18)27-16-5-6-26-10-19(16)30-11-20(27)28/h2-4,7-9,16,19,26H,5-6,10-11H2,1H3/t16-,19-/m1/s1. The minimum absolute atomic E-state index is 0.0377. The Hall–Kier alpha value is -2.65. The molecule has 1 amide bonds. The molecule has 9 heteroatoms. The summed E-state index contributed by atoms with van der Waals surface area (Å²) in [6, 6.07) is 6.64. The fourth-order valence-electron chi connectivity index (χ4n) is 4.01. The summed E-state index contributed by atoms with van der Waals surface area (Å²) in [6.07, 6.45) is -4.15. The zero-order valence-corrected chi connectivity index (χ0v) is 16.1. The molecule has 160 valence electrons. The average Bonchev–Trinajstić information content (AvgIpc) is 2.73. The number of halogens is 4. The van der Waals surface area contributed by atoms with E-state index in [2.05, 4.69) is 5.32 Å². The fraction of sp³-hybridized carbons (Fsp3) is 0.381. The number of carbonyl (C=O) groups excluding carboxylic acids is 1. The summed E-state index contributed by atoms with van der Waals surface area (Å²) < 4.78 is 65.2. The molecule has 2 aliphatic rings. The Morgan fingerprint density at radius 3 is 2.77 bits per heavy atom. The fourth-order valence-corrected chi connectivity index (χ4v) is 4.01. The molecule has 0 spiro atoms. The van der Waals surface area contributed by atoms with Crippen molar-refractivity contribution in [3.05, 3.63) is 47.8 Å². The second kappa shape index (κ2) is 7.88. The molecule has 2 saturated heterocycles. The van der Waals surface area contributed by atoms with Crippen LogP contribution in [0, 0.1) is 5.82 Å². The molecule has 2 fully saturated rings. The van der Waals surface area contributed by atoms with Crippen molar-refractivity contribution in [2.24, 2.45) is 0 Å². The Kier molecular flexibility index (Phi) is 5.42. The highest BCUT2D eigenvalue weighted by Gasteiger charge is 2.40. The molecule has 4 rings (SSSR count). The second-order valence-corrected chi connectivity index (χ2v) is 7.26. The van der Waals surface area contributed by atoms with E-state index >= 15 is 4.39 Å². The summed E-state index contributed by atoms with van der Waals surface area (Å²) in [5.41, 5.74) is -0.594. The van der Waals surface area contributed by atoms with Crippen LogP contribution in [0.15, 0.2) is 36.4 Å². The van der Waals surface area contributed by atoms with Crippen molar-refractivity contribution < 1.29 is 31.8 Å². The lowest BCUT2D eigenvalue weighted by Crippen LogP contribution is -2.61. The first-order valence-corrected chi connectivity index (χ1v) is 9.49. The van der Waals surface area contributed by atoms with E-state index in [1.54, 1.807) is 0 Å². The van der Waals surface area contributed by atoms with Crippen LogP contribution >= 0.6 is 0 Å². The van der Waals surface area contributed by atoms with Crippen molar-refractivity contribution >= 4 is 11.6 Å². The van der Waals surface area contributed by atoms with Crippen molar-refractivity contribution in [1.29, 1.82) is 0 Å². The number of morpholine rings is 1. The number of benzene rings is 2. The molecular formula is C21H20F4N2O3. The lowest BCUT2D eigenvalue weighted by atomic mass is 9.97. The van der Waals surface area contributed by atoms with E-state index < -0.39 is 17.6 Å². The largest absolute Gasteiger partial charge is 0.495 e. The number of hydrogen-bond acceptors (Lipinski definition) is 4. The predicted molar refractivity (Wildman–Crippen MR) is 102 cm³/mol. The van der Waals surface area contributed by atoms with Crippen LogP contribution in [0.4, 0.5) is 23.2 Å². The molecule has 0 bridgehead atoms. The number of fused-ring (bicyclic) bond motifs is 1. The van der Waals surface area contributed by atoms with E-state index in [-0.39, 0.29) is 47.2 Å². The van der Waals surface area contributed by atoms with Crippen LogP contribution in [0.1, 0.15) is 12.0 Å². The number of anilines is 1. The first-order valence-electron chi connectivity index (χ1n) is 9.49. The smallest absolute Gasteiger partial charge is 0.416 e. The van der Waals surface area contributed by atoms with Crippen molar-refractivity contribution in [2.75, 3.05) is 31.7 Å². The highest BCUT2D eigenvalue weighted by molar-refractivity contribution is 5.97. The summed E-state index contributed by atoms with van der Waals surface area (Å²) in [6.45, 7) is 1.12. The van der Waals surface area contributed by atoms with Gasteiger partial charge in [0.1, 0.15) is 18.2 Å². The van der Waals surface area contributed by atoms with Gasteiger partial charge in [0.2, 0.25) is 0 Å². The number of methoxy groups -OCH3 is 1. The summed E-state index contributed by atoms with van der Waals surface area (Å²) in [7, 11) is 1.37. The molecule has 2 aliphatic heterocycles. The molecule has 5 nitrogen and oxygen atoms in total. The Morgan fingerprint density at radius 1 is 1.23 bits per heavy atom. The van der Waals surface area contributed by atoms with Crippen molar-refractivity contribution in [3.8, 4) is 16.9 Å². The summed E-state index contributed by atoms with van der Waals surface area (Å²) in [4.78, 5) is 14.1. The third-order valence-corrected chi connectivity index (χ3v) is 5.44. The minimum Gasteiger partial charge on any atom is -0.495 e. The van der Waals surface area contributed by atoms with Gasteiger partial charge in [-0.15, -0.1) is 0 Å². The third-order valence-electron chi connectivity index (χ3n) is 5.44. The number of amides is 1. The molecule has 0 saturated carbocycles. The van der Waals surface area contributed by atoms with Crippen molar-refractivity contribution in [1.82, 2.24) is 5.32 Å². The van der Waals surface area contributed by atoms with Gasteiger partial charge in [-0.1, -0.05) is 12.1 Å². The van der Waals surface area contributed by atoms with Crippen molar-refractivity contribution in [2.45, 2.75) is 24.7 Å². The molecule has 30 heavy (non-hydrogen) atoms. The van der Waals surface area contributed by atoms with E-state index in [4.69, 9.17) is 9.47 Å². The zero-order valence-electron chi connectivity index (χ0n) is 16.1. The number of alkyl halides is 3. The van der Waals surface area contributed by atoms with Gasteiger partial charge in [-0.25, -0.2) is 4.39 Å². The monoisotopic (exact) mass is 424 g/mol. The van der Waals surface area contributed by atoms with Gasteiger partial charge in [0.05, 0.1) is 30.5 Å². The lowest BCUT2D eigenvalue weighted by Gasteiger charge is -2.44. The van der Waals surface area contributed by atoms with Crippen LogP contribution < -0.4 is 15.0 Å². The van der Waals surface area contributed by atoms with E-state index in [0.29, 0.717) is 19.5 Å². The minimum atomic E-state index is -4.54. The Bertz CT molecular complexity index is 964. The maximum absolute atomic E-state index is 15.1. The third kappa shape index (κ3) is 3.75. The quantitative estimate of drug-likeness (QED) is 0.765. The number of nitrogens with zero attached hydrogens (tertiary/aromatic N) is 1. The van der Waals surface area contributed by atoms with Crippen LogP contribution in [0.5, 0.6) is 5.75 Å². The number of piperidine rings is 1. The molecule has 1 N–H and O–H groups in total. The SMILES string of the molecule is COc1cc(-c2cccc(C(F)(F)F)c2)c(F)cc1N1C(=O)CO[C@@H]2CNCC[C@H]21. The van der Waals surface area contributed by atoms with Gasteiger partial charge in [-0.2, -0.15) is 13.2 Å². The number of rotatable bonds is 3. The van der Waals surface area contributed by atoms with Crippen LogP contribution in [-0.2, 0) is 15.7 Å². The van der Waals surface area contributed by atoms with Gasteiger partial charge in [0.25, 0.3) is 5.91 Å². The molecule has 0 aliphatic carbocycles. The van der Waals surface area contributed by atoms with E-state index in [0.717, 1.165) is 18.2 Å². The van der Waals surface area contributed by atoms with Gasteiger partial charge in [0, 0.05) is 18.2 Å². The number of ether oxygens (including phenoxy) is 2. The van der Waals surface area contributed by atoms with Gasteiger partial charge in [0.15, 0.2) is 0 Å². The normalized spacial score (nSPS) is 22.0. The van der Waals surface area contributed by atoms with Crippen LogP contribution in [0.2, 0.25) is 0 Å². The Morgan fingerprint density at radius 2 is 2.03 bits per heavy atom. The first-order chi connectivity index (χ1) is 14.3. The molecule has 0 unspecified atom stereocenters. The highest BCUT2D eigenvalue weighted by atomic mass is 19.4. The lowest BCUT2D eigenvalue weighted by molar-refractivity contribution is -0.137. The number of hydrogen-bond donors (Lipinski definition) is 1. The maximum atomic E-state index is 15.1. The van der Waals surface area contributed by atoms with Crippen molar-refractivity contribution in [3.63, 3.8) is 0 Å². The first kappa shape index (κ1) is 20.6. The summed E-state index contributed by atoms with van der Waals surface area (Å²) in [5, 5.41) is 3.20. The molecule has 2 aromatic carbocycles. The molecule has 0 radical (unpaired) electrons. The van der Waals surface area contributed by atoms with Gasteiger partial charge in [-0.05, 0) is 36.7 Å². The Labute approximate surface area is 170 Å². The predicted octanol–water partition coefficient (Wildman–Crippen LogP) is 3.61. The van der Waals surface area contributed by atoms with Crippen LogP contribution in [0.3, 0.4) is 0 Å². The van der Waals surface area contributed by atoms with Gasteiger partial charge >= 0.3 is 6.18 Å². The zero-order chi connectivity index (χ0) is 21.5. The molecule has 2 aromatic rings. The maximum Gasteiger partial charge on any atom is 0.416 e. The molecule has 2 heterocycles. The van der Waals surface area contributed by atoms with E-state index in [1.165, 1.54) is 30.2 Å². The molecule has 2 atom stereocenters. The summed E-state index contributed by atoms with van der Waals surface area (Å²) in [5.74, 6) is -0.853. The van der Waals surface area contributed by atoms with Crippen LogP contribution in [-0.4, -0.2) is 44.9 Å². The Balaban J connectivity index is 1.77.